The lowest BCUT2D eigenvalue weighted by Crippen LogP contribution is -2.08. The molecule has 3 aromatic rings. The van der Waals surface area contributed by atoms with Crippen LogP contribution in [0.1, 0.15) is 12.1 Å². The summed E-state index contributed by atoms with van der Waals surface area (Å²) in [5.41, 5.74) is 6.52. The fourth-order valence-electron chi connectivity index (χ4n) is 2.39. The quantitative estimate of drug-likeness (QED) is 0.581. The maximum atomic E-state index is 8.78. The van der Waals surface area contributed by atoms with Gasteiger partial charge in [0.05, 0.1) is 32.3 Å². The van der Waals surface area contributed by atoms with E-state index in [0.717, 1.165) is 12.1 Å². The Morgan fingerprint density at radius 2 is 2.04 bits per heavy atom. The van der Waals surface area contributed by atoms with Gasteiger partial charge < -0.3 is 20.5 Å². The molecule has 0 aliphatic carbocycles. The van der Waals surface area contributed by atoms with Crippen molar-refractivity contribution in [2.45, 2.75) is 6.42 Å². The molecule has 0 fully saturated rings. The van der Waals surface area contributed by atoms with Crippen molar-refractivity contribution in [1.29, 1.82) is 5.26 Å². The third kappa shape index (κ3) is 4.31. The number of nitrogens with one attached hydrogen (secondary N) is 1. The van der Waals surface area contributed by atoms with Crippen LogP contribution in [0.2, 0.25) is 0 Å². The summed E-state index contributed by atoms with van der Waals surface area (Å²) in [6.07, 6.45) is 7.05. The number of hydrogen-bond donors (Lipinski definition) is 2. The summed E-state index contributed by atoms with van der Waals surface area (Å²) in [5, 5.41) is 11.8. The third-order valence-corrected chi connectivity index (χ3v) is 3.65. The van der Waals surface area contributed by atoms with Gasteiger partial charge in [-0.3, -0.25) is 4.57 Å². The molecule has 3 rings (SSSR count). The monoisotopic (exact) mass is 365 g/mol. The van der Waals surface area contributed by atoms with E-state index in [-0.39, 0.29) is 5.69 Å². The largest absolute Gasteiger partial charge is 0.494 e. The first kappa shape index (κ1) is 18.2. The van der Waals surface area contributed by atoms with Gasteiger partial charge in [-0.05, 0) is 25.1 Å². The van der Waals surface area contributed by atoms with Gasteiger partial charge in [-0.1, -0.05) is 6.07 Å². The average Bonchev–Trinajstić information content (AvgIpc) is 3.16. The van der Waals surface area contributed by atoms with E-state index in [1.807, 2.05) is 24.3 Å². The Morgan fingerprint density at radius 1 is 1.19 bits per heavy atom. The molecule has 0 spiro atoms. The van der Waals surface area contributed by atoms with E-state index in [4.69, 9.17) is 20.5 Å². The Bertz CT molecular complexity index is 932. The van der Waals surface area contributed by atoms with Crippen LogP contribution in [0.5, 0.6) is 11.5 Å². The van der Waals surface area contributed by atoms with Crippen molar-refractivity contribution in [2.24, 2.45) is 5.73 Å². The molecule has 0 saturated carbocycles. The number of nitriles is 1. The molecular formula is C18H19N7O2. The summed E-state index contributed by atoms with van der Waals surface area (Å²) in [6, 6.07) is 7.51. The van der Waals surface area contributed by atoms with Crippen LogP contribution in [-0.2, 0) is 0 Å². The number of nitrogens with two attached hydrogens (primary N) is 1. The lowest BCUT2D eigenvalue weighted by molar-refractivity contribution is 0.309. The molecule has 9 heteroatoms. The zero-order valence-corrected chi connectivity index (χ0v) is 14.8. The molecule has 0 saturated heterocycles. The Labute approximate surface area is 156 Å². The van der Waals surface area contributed by atoms with E-state index in [2.05, 4.69) is 20.3 Å². The van der Waals surface area contributed by atoms with E-state index in [9.17, 15) is 0 Å². The number of aromatic nitrogens is 4. The number of imidazole rings is 1. The molecule has 27 heavy (non-hydrogen) atoms. The molecule has 3 N–H and O–H groups in total. The van der Waals surface area contributed by atoms with Crippen LogP contribution in [0, 0.1) is 11.3 Å². The predicted octanol–water partition coefficient (Wildman–Crippen LogP) is 2.01. The normalized spacial score (nSPS) is 10.3. The van der Waals surface area contributed by atoms with Crippen LogP contribution >= 0.6 is 0 Å². The minimum atomic E-state index is 0.249. The van der Waals surface area contributed by atoms with Crippen LogP contribution in [0.3, 0.4) is 0 Å². The Morgan fingerprint density at radius 3 is 2.74 bits per heavy atom. The van der Waals surface area contributed by atoms with Gasteiger partial charge in [0.15, 0.2) is 5.69 Å². The summed E-state index contributed by atoms with van der Waals surface area (Å²) in [6.45, 7) is 1.07. The van der Waals surface area contributed by atoms with Gasteiger partial charge in [-0.25, -0.2) is 15.0 Å². The first-order chi connectivity index (χ1) is 13.2. The number of methoxy groups -OCH3 is 1. The molecule has 0 aliphatic rings. The zero-order chi connectivity index (χ0) is 19.1. The lowest BCUT2D eigenvalue weighted by atomic mass is 10.2. The fourth-order valence-corrected chi connectivity index (χ4v) is 2.39. The summed E-state index contributed by atoms with van der Waals surface area (Å²) in [5.74, 6) is 2.37. The number of rotatable bonds is 8. The molecule has 0 radical (unpaired) electrons. The van der Waals surface area contributed by atoms with Crippen molar-refractivity contribution in [3.05, 3.63) is 48.8 Å². The van der Waals surface area contributed by atoms with Gasteiger partial charge in [0, 0.05) is 0 Å². The van der Waals surface area contributed by atoms with Crippen molar-refractivity contribution >= 4 is 11.6 Å². The second kappa shape index (κ2) is 8.64. The molecule has 2 heterocycles. The molecule has 9 nitrogen and oxygen atoms in total. The molecule has 138 valence electrons. The minimum Gasteiger partial charge on any atom is -0.494 e. The van der Waals surface area contributed by atoms with Crippen LogP contribution in [0.25, 0.3) is 5.69 Å². The molecule has 0 amide bonds. The average molecular weight is 365 g/mol. The Kier molecular flexibility index (Phi) is 5.81. The number of nitrogens with zero attached hydrogens (tertiary/aromatic N) is 5. The lowest BCUT2D eigenvalue weighted by Gasteiger charge is -2.15. The van der Waals surface area contributed by atoms with Gasteiger partial charge in [-0.15, -0.1) is 0 Å². The van der Waals surface area contributed by atoms with Crippen molar-refractivity contribution < 1.29 is 9.47 Å². The second-order valence-corrected chi connectivity index (χ2v) is 5.49. The Balaban J connectivity index is 1.85. The summed E-state index contributed by atoms with van der Waals surface area (Å²) >= 11 is 0. The maximum Gasteiger partial charge on any atom is 0.158 e. The van der Waals surface area contributed by atoms with Gasteiger partial charge >= 0.3 is 0 Å². The van der Waals surface area contributed by atoms with Gasteiger partial charge in [0.1, 0.15) is 41.2 Å². The highest BCUT2D eigenvalue weighted by atomic mass is 16.5. The van der Waals surface area contributed by atoms with Gasteiger partial charge in [0.25, 0.3) is 0 Å². The first-order valence-electron chi connectivity index (χ1n) is 8.28. The smallest absolute Gasteiger partial charge is 0.158 e. The number of para-hydroxylation sites is 1. The van der Waals surface area contributed by atoms with Crippen LogP contribution < -0.4 is 20.5 Å². The van der Waals surface area contributed by atoms with Crippen LogP contribution in [0.15, 0.2) is 43.1 Å². The van der Waals surface area contributed by atoms with Crippen molar-refractivity contribution in [3.63, 3.8) is 0 Å². The molecule has 0 atom stereocenters. The highest BCUT2D eigenvalue weighted by molar-refractivity contribution is 5.59. The van der Waals surface area contributed by atoms with Crippen LogP contribution in [-0.4, -0.2) is 39.8 Å². The molecule has 0 unspecified atom stereocenters. The third-order valence-electron chi connectivity index (χ3n) is 3.65. The Hall–Kier alpha value is -3.64. The van der Waals surface area contributed by atoms with E-state index in [1.165, 1.54) is 12.4 Å². The van der Waals surface area contributed by atoms with Crippen molar-refractivity contribution in [1.82, 2.24) is 19.5 Å². The van der Waals surface area contributed by atoms with E-state index < -0.39 is 0 Å². The standard InChI is InChI=1S/C18H19N7O2/c1-26-14-4-2-5-15(27-7-3-6-19)18(14)25-11-17(23-12-25)24-16-10-21-13(8-20)9-22-16/h2,4-5,9-12H,3,6-7,19H2,1H3,(H,22,24). The summed E-state index contributed by atoms with van der Waals surface area (Å²) < 4.78 is 13.1. The number of ether oxygens (including phenoxy) is 2. The van der Waals surface area contributed by atoms with Crippen LogP contribution in [0.4, 0.5) is 11.6 Å². The van der Waals surface area contributed by atoms with E-state index >= 15 is 0 Å². The molecule has 2 aromatic heterocycles. The second-order valence-electron chi connectivity index (χ2n) is 5.49. The SMILES string of the molecule is COc1cccc(OCCCN)c1-n1cnc(Nc2cnc(C#N)cn2)c1. The highest BCUT2D eigenvalue weighted by Crippen LogP contribution is 2.33. The molecule has 0 bridgehead atoms. The predicted molar refractivity (Wildman–Crippen MR) is 99.3 cm³/mol. The molecular weight excluding hydrogens is 346 g/mol. The fraction of sp³-hybridized carbons (Fsp3) is 0.222. The zero-order valence-electron chi connectivity index (χ0n) is 14.8. The number of hydrogen-bond acceptors (Lipinski definition) is 8. The number of anilines is 2. The number of benzene rings is 1. The molecule has 0 aliphatic heterocycles. The summed E-state index contributed by atoms with van der Waals surface area (Å²) in [7, 11) is 1.60. The van der Waals surface area contributed by atoms with E-state index in [1.54, 1.807) is 24.2 Å². The minimum absolute atomic E-state index is 0.249. The van der Waals surface area contributed by atoms with Crippen molar-refractivity contribution in [3.8, 4) is 23.3 Å². The highest BCUT2D eigenvalue weighted by Gasteiger charge is 2.14. The molecule has 1 aromatic carbocycles. The van der Waals surface area contributed by atoms with Gasteiger partial charge in [-0.2, -0.15) is 5.26 Å². The van der Waals surface area contributed by atoms with Crippen molar-refractivity contribution in [2.75, 3.05) is 25.6 Å². The van der Waals surface area contributed by atoms with Gasteiger partial charge in [0.2, 0.25) is 0 Å². The summed E-state index contributed by atoms with van der Waals surface area (Å²) in [4.78, 5) is 12.4. The van der Waals surface area contributed by atoms with E-state index in [0.29, 0.717) is 36.3 Å². The maximum absolute atomic E-state index is 8.78. The topological polar surface area (TPSA) is 124 Å². The first-order valence-corrected chi connectivity index (χ1v) is 8.28.